The number of hydrogen-bond acceptors (Lipinski definition) is 3. The lowest BCUT2D eigenvalue weighted by molar-refractivity contribution is 0.501. The van der Waals surface area contributed by atoms with Crippen LogP contribution >= 0.6 is 0 Å². The molecule has 0 atom stereocenters. The number of hydrogen-bond donors (Lipinski definition) is 1. The van der Waals surface area contributed by atoms with Crippen LogP contribution < -0.4 is 10.5 Å². The lowest BCUT2D eigenvalue weighted by Gasteiger charge is -2.24. The molecule has 0 unspecified atom stereocenters. The molecule has 0 radical (unpaired) electrons. The zero-order chi connectivity index (χ0) is 17.9. The van der Waals surface area contributed by atoms with Crippen LogP contribution in [0.3, 0.4) is 0 Å². The van der Waals surface area contributed by atoms with Crippen LogP contribution in [0.1, 0.15) is 16.9 Å². The number of aromatic nitrogens is 1. The normalized spacial score (nSPS) is 11.0. The van der Waals surface area contributed by atoms with E-state index < -0.39 is 0 Å². The summed E-state index contributed by atoms with van der Waals surface area (Å²) in [4.78, 5) is 17.7. The SMILES string of the molecule is Cc1ccc(N(Cc2ccco2)Cc2cc3ccccc3[nH]c2=O)cc1. The molecule has 0 aliphatic rings. The van der Waals surface area contributed by atoms with Crippen molar-refractivity contribution in [3.63, 3.8) is 0 Å². The second-order valence-electron chi connectivity index (χ2n) is 6.48. The third-order valence-electron chi connectivity index (χ3n) is 4.52. The lowest BCUT2D eigenvalue weighted by Crippen LogP contribution is -2.26. The Labute approximate surface area is 151 Å². The molecule has 4 heteroatoms. The summed E-state index contributed by atoms with van der Waals surface area (Å²) in [5, 5.41) is 1.03. The Morgan fingerprint density at radius 2 is 1.77 bits per heavy atom. The monoisotopic (exact) mass is 344 g/mol. The second-order valence-corrected chi connectivity index (χ2v) is 6.48. The molecule has 0 saturated carbocycles. The summed E-state index contributed by atoms with van der Waals surface area (Å²) in [6, 6.07) is 21.9. The second kappa shape index (κ2) is 6.92. The number of nitrogens with zero attached hydrogens (tertiary/aromatic N) is 1. The van der Waals surface area contributed by atoms with Crippen molar-refractivity contribution < 1.29 is 4.42 Å². The van der Waals surface area contributed by atoms with Gasteiger partial charge < -0.3 is 14.3 Å². The standard InChI is InChI=1S/C22H20N2O2/c1-16-8-10-19(11-9-16)24(15-20-6-4-12-26-20)14-18-13-17-5-2-3-7-21(17)23-22(18)25/h2-13H,14-15H2,1H3,(H,23,25). The Kier molecular flexibility index (Phi) is 4.32. The number of aromatic amines is 1. The number of pyridine rings is 1. The van der Waals surface area contributed by atoms with Crippen molar-refractivity contribution in [2.24, 2.45) is 0 Å². The number of rotatable bonds is 5. The van der Waals surface area contributed by atoms with Gasteiger partial charge in [-0.2, -0.15) is 0 Å². The predicted molar refractivity (Wildman–Crippen MR) is 104 cm³/mol. The number of benzene rings is 2. The summed E-state index contributed by atoms with van der Waals surface area (Å²) in [6.07, 6.45) is 1.67. The molecule has 2 aromatic heterocycles. The van der Waals surface area contributed by atoms with E-state index in [1.807, 2.05) is 42.5 Å². The van der Waals surface area contributed by atoms with Crippen LogP contribution in [0.2, 0.25) is 0 Å². The molecule has 0 saturated heterocycles. The molecule has 0 aliphatic carbocycles. The van der Waals surface area contributed by atoms with Crippen LogP contribution in [0.5, 0.6) is 0 Å². The van der Waals surface area contributed by atoms with Gasteiger partial charge in [0.25, 0.3) is 5.56 Å². The van der Waals surface area contributed by atoms with Crippen molar-refractivity contribution >= 4 is 16.6 Å². The fourth-order valence-electron chi connectivity index (χ4n) is 3.10. The zero-order valence-electron chi connectivity index (χ0n) is 14.6. The third kappa shape index (κ3) is 3.40. The number of furan rings is 1. The van der Waals surface area contributed by atoms with Gasteiger partial charge in [-0.05, 0) is 48.7 Å². The molecule has 4 aromatic rings. The molecule has 2 heterocycles. The molecular weight excluding hydrogens is 324 g/mol. The highest BCUT2D eigenvalue weighted by Crippen LogP contribution is 2.21. The Morgan fingerprint density at radius 3 is 2.54 bits per heavy atom. The van der Waals surface area contributed by atoms with E-state index in [1.165, 1.54) is 5.56 Å². The number of H-pyrrole nitrogens is 1. The van der Waals surface area contributed by atoms with Gasteiger partial charge in [-0.25, -0.2) is 0 Å². The lowest BCUT2D eigenvalue weighted by atomic mass is 10.1. The van der Waals surface area contributed by atoms with Crippen LogP contribution in [0.4, 0.5) is 5.69 Å². The van der Waals surface area contributed by atoms with E-state index in [9.17, 15) is 4.79 Å². The quantitative estimate of drug-likeness (QED) is 0.574. The average Bonchev–Trinajstić information content (AvgIpc) is 3.15. The highest BCUT2D eigenvalue weighted by atomic mass is 16.3. The maximum Gasteiger partial charge on any atom is 0.253 e. The first kappa shape index (κ1) is 16.2. The van der Waals surface area contributed by atoms with Crippen molar-refractivity contribution in [2.45, 2.75) is 20.0 Å². The Bertz CT molecular complexity index is 1060. The van der Waals surface area contributed by atoms with E-state index in [0.717, 1.165) is 27.9 Å². The third-order valence-corrected chi connectivity index (χ3v) is 4.52. The Morgan fingerprint density at radius 1 is 0.962 bits per heavy atom. The summed E-state index contributed by atoms with van der Waals surface area (Å²) >= 11 is 0. The van der Waals surface area contributed by atoms with Crippen molar-refractivity contribution in [3.8, 4) is 0 Å². The number of nitrogens with one attached hydrogen (secondary N) is 1. The maximum atomic E-state index is 12.6. The molecule has 0 fully saturated rings. The number of aryl methyl sites for hydroxylation is 1. The van der Waals surface area contributed by atoms with Crippen molar-refractivity contribution in [1.82, 2.24) is 4.98 Å². The fraction of sp³-hybridized carbons (Fsp3) is 0.136. The minimum absolute atomic E-state index is 0.0553. The Hall–Kier alpha value is -3.27. The van der Waals surface area contributed by atoms with Gasteiger partial charge in [-0.3, -0.25) is 4.79 Å². The van der Waals surface area contributed by atoms with Gasteiger partial charge in [0.1, 0.15) is 5.76 Å². The molecule has 0 amide bonds. The number of para-hydroxylation sites is 1. The van der Waals surface area contributed by atoms with Gasteiger partial charge in [0.05, 0.1) is 12.8 Å². The summed E-state index contributed by atoms with van der Waals surface area (Å²) in [5.41, 5.74) is 3.79. The van der Waals surface area contributed by atoms with E-state index in [1.54, 1.807) is 6.26 Å². The van der Waals surface area contributed by atoms with Gasteiger partial charge in [0.15, 0.2) is 0 Å². The van der Waals surface area contributed by atoms with Crippen LogP contribution in [-0.4, -0.2) is 4.98 Å². The summed E-state index contributed by atoms with van der Waals surface area (Å²) in [5.74, 6) is 0.864. The van der Waals surface area contributed by atoms with Crippen LogP contribution in [-0.2, 0) is 13.1 Å². The minimum Gasteiger partial charge on any atom is -0.467 e. The highest BCUT2D eigenvalue weighted by molar-refractivity contribution is 5.78. The molecule has 0 bridgehead atoms. The first-order valence-corrected chi connectivity index (χ1v) is 8.64. The number of anilines is 1. The highest BCUT2D eigenvalue weighted by Gasteiger charge is 2.13. The molecule has 1 N–H and O–H groups in total. The zero-order valence-corrected chi connectivity index (χ0v) is 14.6. The van der Waals surface area contributed by atoms with E-state index in [2.05, 4.69) is 41.1 Å². The molecule has 0 spiro atoms. The molecule has 4 rings (SSSR count). The van der Waals surface area contributed by atoms with Gasteiger partial charge in [-0.1, -0.05) is 35.9 Å². The molecule has 26 heavy (non-hydrogen) atoms. The summed E-state index contributed by atoms with van der Waals surface area (Å²) in [7, 11) is 0. The van der Waals surface area contributed by atoms with E-state index in [-0.39, 0.29) is 5.56 Å². The van der Waals surface area contributed by atoms with Gasteiger partial charge in [-0.15, -0.1) is 0 Å². The van der Waals surface area contributed by atoms with E-state index in [0.29, 0.717) is 13.1 Å². The average molecular weight is 344 g/mol. The first-order chi connectivity index (χ1) is 12.7. The molecular formula is C22H20N2O2. The van der Waals surface area contributed by atoms with Crippen LogP contribution in [0.15, 0.2) is 82.2 Å². The molecule has 2 aromatic carbocycles. The molecule has 0 aliphatic heterocycles. The van der Waals surface area contributed by atoms with Crippen LogP contribution in [0, 0.1) is 6.92 Å². The Balaban J connectivity index is 1.71. The first-order valence-electron chi connectivity index (χ1n) is 8.64. The number of fused-ring (bicyclic) bond motifs is 1. The van der Waals surface area contributed by atoms with Gasteiger partial charge in [0.2, 0.25) is 0 Å². The summed E-state index contributed by atoms with van der Waals surface area (Å²) < 4.78 is 5.52. The van der Waals surface area contributed by atoms with Crippen LogP contribution in [0.25, 0.3) is 10.9 Å². The van der Waals surface area contributed by atoms with E-state index >= 15 is 0 Å². The predicted octanol–water partition coefficient (Wildman–Crippen LogP) is 4.64. The maximum absolute atomic E-state index is 12.6. The topological polar surface area (TPSA) is 49.2 Å². The summed E-state index contributed by atoms with van der Waals surface area (Å²) in [6.45, 7) is 3.17. The van der Waals surface area contributed by atoms with Gasteiger partial charge >= 0.3 is 0 Å². The van der Waals surface area contributed by atoms with Crippen molar-refractivity contribution in [1.29, 1.82) is 0 Å². The van der Waals surface area contributed by atoms with Gasteiger partial charge in [0, 0.05) is 23.3 Å². The molecule has 130 valence electrons. The fourth-order valence-corrected chi connectivity index (χ4v) is 3.10. The molecule has 4 nitrogen and oxygen atoms in total. The minimum atomic E-state index is -0.0553. The van der Waals surface area contributed by atoms with E-state index in [4.69, 9.17) is 4.42 Å². The smallest absolute Gasteiger partial charge is 0.253 e. The van der Waals surface area contributed by atoms with Crippen molar-refractivity contribution in [2.75, 3.05) is 4.90 Å². The van der Waals surface area contributed by atoms with Crippen molar-refractivity contribution in [3.05, 3.63) is 100 Å². The largest absolute Gasteiger partial charge is 0.467 e.